The van der Waals surface area contributed by atoms with Crippen molar-refractivity contribution in [3.8, 4) is 0 Å². The smallest absolute Gasteiger partial charge is 0.206 e. The normalized spacial score (nSPS) is 13.3. The number of rotatable bonds is 4. The second-order valence-corrected chi connectivity index (χ2v) is 4.23. The molecule has 1 atom stereocenters. The quantitative estimate of drug-likeness (QED) is 0.334. The molecule has 4 N–H and O–H groups in total. The molecule has 0 spiro atoms. The summed E-state index contributed by atoms with van der Waals surface area (Å²) in [5.41, 5.74) is 3.69. The van der Waals surface area contributed by atoms with E-state index >= 15 is 0 Å². The van der Waals surface area contributed by atoms with Crippen molar-refractivity contribution < 1.29 is 0 Å². The van der Waals surface area contributed by atoms with E-state index < -0.39 is 0 Å². The number of aliphatic imine (C=N–C) groups is 1. The number of nitrogens with two attached hydrogens (primary N) is 1. The molecule has 0 saturated carbocycles. The molecule has 0 aliphatic rings. The first kappa shape index (κ1) is 13.8. The fourth-order valence-corrected chi connectivity index (χ4v) is 1.52. The molecule has 0 radical (unpaired) electrons. The van der Waals surface area contributed by atoms with Gasteiger partial charge in [-0.25, -0.2) is 5.84 Å². The molecule has 1 aromatic carbocycles. The van der Waals surface area contributed by atoms with Gasteiger partial charge in [0.25, 0.3) is 0 Å². The SMILES string of the molecule is CCCN=C(NN)NC(C)c1ccc(Cl)cc1. The highest BCUT2D eigenvalue weighted by Gasteiger charge is 2.06. The van der Waals surface area contributed by atoms with E-state index in [4.69, 9.17) is 17.4 Å². The van der Waals surface area contributed by atoms with Crippen LogP contribution in [0.5, 0.6) is 0 Å². The maximum atomic E-state index is 5.84. The molecule has 1 unspecified atom stereocenters. The Kier molecular flexibility index (Phi) is 5.80. The van der Waals surface area contributed by atoms with Gasteiger partial charge < -0.3 is 5.32 Å². The van der Waals surface area contributed by atoms with Crippen LogP contribution in [0.25, 0.3) is 0 Å². The van der Waals surface area contributed by atoms with Crippen molar-refractivity contribution in [2.75, 3.05) is 6.54 Å². The predicted molar refractivity (Wildman–Crippen MR) is 72.9 cm³/mol. The Balaban J connectivity index is 2.64. The third-order valence-corrected chi connectivity index (χ3v) is 2.61. The Morgan fingerprint density at radius 3 is 2.59 bits per heavy atom. The van der Waals surface area contributed by atoms with Crippen LogP contribution in [0.3, 0.4) is 0 Å². The molecule has 0 heterocycles. The maximum absolute atomic E-state index is 5.84. The van der Waals surface area contributed by atoms with E-state index in [1.807, 2.05) is 31.2 Å². The van der Waals surface area contributed by atoms with Crippen LogP contribution in [0.15, 0.2) is 29.3 Å². The summed E-state index contributed by atoms with van der Waals surface area (Å²) in [5, 5.41) is 3.94. The van der Waals surface area contributed by atoms with Crippen LogP contribution < -0.4 is 16.6 Å². The molecule has 0 aliphatic carbocycles. The van der Waals surface area contributed by atoms with Crippen LogP contribution in [0, 0.1) is 0 Å². The second kappa shape index (κ2) is 7.14. The molecule has 0 saturated heterocycles. The highest BCUT2D eigenvalue weighted by atomic mass is 35.5. The first-order chi connectivity index (χ1) is 8.17. The zero-order valence-corrected chi connectivity index (χ0v) is 11.0. The van der Waals surface area contributed by atoms with Crippen LogP contribution >= 0.6 is 11.6 Å². The van der Waals surface area contributed by atoms with Gasteiger partial charge >= 0.3 is 0 Å². The van der Waals surface area contributed by atoms with Crippen molar-refractivity contribution in [2.24, 2.45) is 10.8 Å². The van der Waals surface area contributed by atoms with E-state index in [1.54, 1.807) is 0 Å². The number of hydrogen-bond acceptors (Lipinski definition) is 2. The summed E-state index contributed by atoms with van der Waals surface area (Å²) in [6.45, 7) is 4.86. The Morgan fingerprint density at radius 1 is 1.41 bits per heavy atom. The van der Waals surface area contributed by atoms with E-state index in [1.165, 1.54) is 0 Å². The Labute approximate surface area is 107 Å². The number of hydrazine groups is 1. The van der Waals surface area contributed by atoms with Crippen LogP contribution in [0.2, 0.25) is 5.02 Å². The summed E-state index contributed by atoms with van der Waals surface area (Å²) in [5.74, 6) is 6.01. The molecular weight excluding hydrogens is 236 g/mol. The molecule has 0 amide bonds. The van der Waals surface area contributed by atoms with Crippen molar-refractivity contribution in [3.63, 3.8) is 0 Å². The van der Waals surface area contributed by atoms with Gasteiger partial charge in [-0.3, -0.25) is 10.4 Å². The lowest BCUT2D eigenvalue weighted by Gasteiger charge is -2.16. The van der Waals surface area contributed by atoms with Gasteiger partial charge in [0.05, 0.1) is 6.04 Å². The van der Waals surface area contributed by atoms with Gasteiger partial charge in [0.15, 0.2) is 0 Å². The van der Waals surface area contributed by atoms with Crippen LogP contribution in [0.4, 0.5) is 0 Å². The number of hydrogen-bond donors (Lipinski definition) is 3. The molecule has 5 heteroatoms. The topological polar surface area (TPSA) is 62.4 Å². The summed E-state index contributed by atoms with van der Waals surface area (Å²) in [7, 11) is 0. The van der Waals surface area contributed by atoms with Gasteiger partial charge in [0.2, 0.25) is 5.96 Å². The minimum atomic E-state index is 0.124. The van der Waals surface area contributed by atoms with Gasteiger partial charge in [-0.05, 0) is 31.0 Å². The third kappa shape index (κ3) is 4.63. The molecule has 0 aromatic heterocycles. The largest absolute Gasteiger partial charge is 0.349 e. The van der Waals surface area contributed by atoms with Gasteiger partial charge in [-0.15, -0.1) is 0 Å². The van der Waals surface area contributed by atoms with Crippen molar-refractivity contribution >= 4 is 17.6 Å². The Morgan fingerprint density at radius 2 is 2.06 bits per heavy atom. The summed E-state index contributed by atoms with van der Waals surface area (Å²) in [6.07, 6.45) is 0.988. The minimum absolute atomic E-state index is 0.124. The maximum Gasteiger partial charge on any atom is 0.206 e. The zero-order valence-electron chi connectivity index (χ0n) is 10.2. The van der Waals surface area contributed by atoms with Crippen molar-refractivity contribution in [2.45, 2.75) is 26.3 Å². The average Bonchev–Trinajstić information content (AvgIpc) is 2.35. The van der Waals surface area contributed by atoms with Crippen molar-refractivity contribution in [1.29, 1.82) is 0 Å². The molecule has 0 bridgehead atoms. The highest BCUT2D eigenvalue weighted by Crippen LogP contribution is 2.15. The highest BCUT2D eigenvalue weighted by molar-refractivity contribution is 6.30. The molecular formula is C12H19ClN4. The Hall–Kier alpha value is -1.26. The summed E-state index contributed by atoms with van der Waals surface area (Å²) in [6, 6.07) is 7.82. The molecule has 1 rings (SSSR count). The monoisotopic (exact) mass is 254 g/mol. The first-order valence-corrected chi connectivity index (χ1v) is 6.08. The number of nitrogens with one attached hydrogen (secondary N) is 2. The van der Waals surface area contributed by atoms with Gasteiger partial charge in [0, 0.05) is 11.6 Å². The molecule has 94 valence electrons. The van der Waals surface area contributed by atoms with Gasteiger partial charge in [-0.2, -0.15) is 0 Å². The standard InChI is InChI=1S/C12H19ClN4/c1-3-8-15-12(17-14)16-9(2)10-4-6-11(13)7-5-10/h4-7,9H,3,8,14H2,1-2H3,(H2,15,16,17). The van der Waals surface area contributed by atoms with Gasteiger partial charge in [0.1, 0.15) is 0 Å². The number of benzene rings is 1. The predicted octanol–water partition coefficient (Wildman–Crippen LogP) is 2.22. The summed E-state index contributed by atoms with van der Waals surface area (Å²) < 4.78 is 0. The third-order valence-electron chi connectivity index (χ3n) is 2.35. The van der Waals surface area contributed by atoms with Gasteiger partial charge in [-0.1, -0.05) is 30.7 Å². The van der Waals surface area contributed by atoms with Crippen LogP contribution in [-0.4, -0.2) is 12.5 Å². The lowest BCUT2D eigenvalue weighted by molar-refractivity contribution is 0.687. The van der Waals surface area contributed by atoms with E-state index in [9.17, 15) is 0 Å². The lowest BCUT2D eigenvalue weighted by Crippen LogP contribution is -2.42. The molecule has 0 aliphatic heterocycles. The van der Waals surface area contributed by atoms with E-state index in [0.717, 1.165) is 23.6 Å². The summed E-state index contributed by atoms with van der Waals surface area (Å²) >= 11 is 5.84. The fourth-order valence-electron chi connectivity index (χ4n) is 1.40. The molecule has 1 aromatic rings. The molecule has 17 heavy (non-hydrogen) atoms. The Bertz CT molecular complexity index is 361. The van der Waals surface area contributed by atoms with E-state index in [2.05, 4.69) is 22.7 Å². The van der Waals surface area contributed by atoms with Crippen molar-refractivity contribution in [1.82, 2.24) is 10.7 Å². The van der Waals surface area contributed by atoms with E-state index in [0.29, 0.717) is 5.96 Å². The fraction of sp³-hybridized carbons (Fsp3) is 0.417. The lowest BCUT2D eigenvalue weighted by atomic mass is 10.1. The average molecular weight is 255 g/mol. The first-order valence-electron chi connectivity index (χ1n) is 5.70. The van der Waals surface area contributed by atoms with Crippen molar-refractivity contribution in [3.05, 3.63) is 34.9 Å². The molecule has 0 fully saturated rings. The molecule has 4 nitrogen and oxygen atoms in total. The second-order valence-electron chi connectivity index (χ2n) is 3.79. The summed E-state index contributed by atoms with van der Waals surface area (Å²) in [4.78, 5) is 4.29. The van der Waals surface area contributed by atoms with Crippen LogP contribution in [0.1, 0.15) is 31.9 Å². The minimum Gasteiger partial charge on any atom is -0.349 e. The number of guanidine groups is 1. The van der Waals surface area contributed by atoms with Crippen LogP contribution in [-0.2, 0) is 0 Å². The van der Waals surface area contributed by atoms with E-state index in [-0.39, 0.29) is 6.04 Å². The number of nitrogens with zero attached hydrogens (tertiary/aromatic N) is 1. The zero-order chi connectivity index (χ0) is 12.7. The number of halogens is 1.